The lowest BCUT2D eigenvalue weighted by molar-refractivity contribution is -0.981. The van der Waals surface area contributed by atoms with Crippen molar-refractivity contribution >= 4 is 32.4 Å². The Hall–Kier alpha value is -3.47. The van der Waals surface area contributed by atoms with Gasteiger partial charge in [-0.25, -0.2) is 0 Å². The summed E-state index contributed by atoms with van der Waals surface area (Å²) in [6, 6.07) is 28.1. The molecule has 2 bridgehead atoms. The van der Waals surface area contributed by atoms with E-state index in [4.69, 9.17) is 4.74 Å². The second-order valence-electron chi connectivity index (χ2n) is 11.1. The second kappa shape index (κ2) is 8.83. The van der Waals surface area contributed by atoms with E-state index in [2.05, 4.69) is 59.6 Å². The van der Waals surface area contributed by atoms with Crippen LogP contribution in [0.3, 0.4) is 0 Å². The van der Waals surface area contributed by atoms with Crippen LogP contribution >= 0.6 is 0 Å². The Bertz CT molecular complexity index is 1570. The predicted molar refractivity (Wildman–Crippen MR) is 150 cm³/mol. The number of hydrogen-bond donors (Lipinski definition) is 1. The van der Waals surface area contributed by atoms with E-state index in [0.717, 1.165) is 52.8 Å². The number of rotatable bonds is 5. The van der Waals surface area contributed by atoms with Gasteiger partial charge in [0.05, 0.1) is 25.7 Å². The number of nitrogens with zero attached hydrogens (tertiary/aromatic N) is 2. The number of quaternary nitrogens is 1. The van der Waals surface area contributed by atoms with Gasteiger partial charge >= 0.3 is 0 Å². The van der Waals surface area contributed by atoms with Crippen LogP contribution in [-0.2, 0) is 6.54 Å². The van der Waals surface area contributed by atoms with Crippen molar-refractivity contribution in [3.8, 4) is 5.75 Å². The van der Waals surface area contributed by atoms with Crippen LogP contribution in [0, 0.1) is 5.92 Å². The molecule has 0 spiro atoms. The predicted octanol–water partition coefficient (Wildman–Crippen LogP) is 6.78. The van der Waals surface area contributed by atoms with Gasteiger partial charge in [0.1, 0.15) is 24.4 Å². The van der Waals surface area contributed by atoms with Crippen molar-refractivity contribution in [2.45, 2.75) is 38.0 Å². The summed E-state index contributed by atoms with van der Waals surface area (Å²) in [6.45, 7) is 3.19. The van der Waals surface area contributed by atoms with Crippen molar-refractivity contribution < 1.29 is 14.3 Å². The smallest absolute Gasteiger partial charge is 0.131 e. The molecule has 8 rings (SSSR count). The molecule has 37 heavy (non-hydrogen) atoms. The number of pyridine rings is 1. The average Bonchev–Trinajstić information content (AvgIpc) is 2.96. The molecular formula is C33H33N2O2+. The number of aromatic nitrogens is 1. The molecule has 0 saturated carbocycles. The van der Waals surface area contributed by atoms with Gasteiger partial charge in [-0.05, 0) is 76.2 Å². The molecule has 0 unspecified atom stereocenters. The largest absolute Gasteiger partial charge is 0.497 e. The lowest BCUT2D eigenvalue weighted by Crippen LogP contribution is -2.65. The zero-order valence-corrected chi connectivity index (χ0v) is 21.3. The van der Waals surface area contributed by atoms with E-state index >= 15 is 0 Å². The van der Waals surface area contributed by atoms with Crippen LogP contribution in [0.5, 0.6) is 5.75 Å². The zero-order valence-electron chi connectivity index (χ0n) is 21.3. The summed E-state index contributed by atoms with van der Waals surface area (Å²) in [5, 5.41) is 18.4. The van der Waals surface area contributed by atoms with Crippen molar-refractivity contribution in [1.29, 1.82) is 0 Å². The summed E-state index contributed by atoms with van der Waals surface area (Å²) < 4.78 is 6.47. The maximum atomic E-state index is 12.1. The molecule has 4 heteroatoms. The van der Waals surface area contributed by atoms with Gasteiger partial charge in [-0.2, -0.15) is 0 Å². The minimum atomic E-state index is -0.554. The molecule has 4 nitrogen and oxygen atoms in total. The molecule has 3 fully saturated rings. The Morgan fingerprint density at radius 3 is 2.30 bits per heavy atom. The standard InChI is InChI=1S/C33H33N2O2/c1-37-25-10-11-31-29(20-25)28(12-15-34-31)33(36)32-18-22-13-16-35(32,17-14-22)21-30-26-8-4-2-6-23(26)19-24-7-3-5-9-27(24)30/h2-12,15,19-20,22,32-33,36H,13-14,16-18,21H2,1H3/q+1/t22?,32-,33+,35?/m1/s1. The monoisotopic (exact) mass is 489 g/mol. The number of fused-ring (bicyclic) bond motifs is 6. The van der Waals surface area contributed by atoms with Crippen LogP contribution in [0.4, 0.5) is 0 Å². The third-order valence-electron chi connectivity index (χ3n) is 9.27. The maximum absolute atomic E-state index is 12.1. The van der Waals surface area contributed by atoms with Crippen molar-refractivity contribution in [3.63, 3.8) is 0 Å². The topological polar surface area (TPSA) is 42.4 Å². The first-order chi connectivity index (χ1) is 18.1. The summed E-state index contributed by atoms with van der Waals surface area (Å²) in [6.07, 6.45) is 4.85. The SMILES string of the molecule is COc1ccc2nccc([C@H](O)[C@H]3CC4CC[N+]3(Cc3c5ccccc5cc5ccccc35)CC4)c2c1. The van der Waals surface area contributed by atoms with Crippen molar-refractivity contribution in [2.75, 3.05) is 20.2 Å². The Balaban J connectivity index is 1.36. The summed E-state index contributed by atoms with van der Waals surface area (Å²) in [5.41, 5.74) is 3.30. The van der Waals surface area contributed by atoms with Gasteiger partial charge in [0.15, 0.2) is 0 Å². The highest BCUT2D eigenvalue weighted by molar-refractivity contribution is 6.02. The molecule has 3 saturated heterocycles. The molecule has 3 aliphatic rings. The number of piperidine rings is 3. The number of aliphatic hydroxyl groups excluding tert-OH is 1. The highest BCUT2D eigenvalue weighted by Gasteiger charge is 2.51. The fourth-order valence-corrected chi connectivity index (χ4v) is 7.30. The Kier molecular flexibility index (Phi) is 5.42. The van der Waals surface area contributed by atoms with Gasteiger partial charge in [-0.1, -0.05) is 48.5 Å². The average molecular weight is 490 g/mol. The molecule has 4 heterocycles. The maximum Gasteiger partial charge on any atom is 0.131 e. The minimum Gasteiger partial charge on any atom is -0.497 e. The molecule has 186 valence electrons. The molecule has 0 radical (unpaired) electrons. The van der Waals surface area contributed by atoms with Crippen LogP contribution in [0.1, 0.15) is 36.5 Å². The third kappa shape index (κ3) is 3.70. The van der Waals surface area contributed by atoms with Crippen molar-refractivity contribution in [1.82, 2.24) is 4.98 Å². The van der Waals surface area contributed by atoms with E-state index in [1.807, 2.05) is 30.5 Å². The Labute approximate surface area is 217 Å². The molecule has 3 aliphatic heterocycles. The van der Waals surface area contributed by atoms with E-state index in [1.54, 1.807) is 7.11 Å². The third-order valence-corrected chi connectivity index (χ3v) is 9.27. The van der Waals surface area contributed by atoms with E-state index in [0.29, 0.717) is 5.92 Å². The van der Waals surface area contributed by atoms with Crippen LogP contribution in [0.2, 0.25) is 0 Å². The highest BCUT2D eigenvalue weighted by Crippen LogP contribution is 2.46. The number of methoxy groups -OCH3 is 1. The quantitative estimate of drug-likeness (QED) is 0.218. The van der Waals surface area contributed by atoms with Gasteiger partial charge in [0, 0.05) is 23.6 Å². The van der Waals surface area contributed by atoms with Gasteiger partial charge < -0.3 is 14.3 Å². The summed E-state index contributed by atoms with van der Waals surface area (Å²) in [5.74, 6) is 1.50. The molecule has 1 N–H and O–H groups in total. The fraction of sp³-hybridized carbons (Fsp3) is 0.303. The fourth-order valence-electron chi connectivity index (χ4n) is 7.30. The number of hydrogen-bond acceptors (Lipinski definition) is 3. The van der Waals surface area contributed by atoms with Crippen LogP contribution in [0.15, 0.2) is 85.1 Å². The van der Waals surface area contributed by atoms with Gasteiger partial charge in [-0.15, -0.1) is 0 Å². The molecule has 4 aromatic carbocycles. The number of ether oxygens (including phenoxy) is 1. The second-order valence-corrected chi connectivity index (χ2v) is 11.1. The molecule has 0 aliphatic carbocycles. The van der Waals surface area contributed by atoms with E-state index < -0.39 is 6.10 Å². The lowest BCUT2D eigenvalue weighted by atomic mass is 9.76. The molecule has 2 atom stereocenters. The first-order valence-corrected chi connectivity index (χ1v) is 13.5. The van der Waals surface area contributed by atoms with Gasteiger partial charge in [0.2, 0.25) is 0 Å². The lowest BCUT2D eigenvalue weighted by Gasteiger charge is -2.56. The zero-order chi connectivity index (χ0) is 25.0. The van der Waals surface area contributed by atoms with E-state index in [1.165, 1.54) is 39.9 Å². The van der Waals surface area contributed by atoms with Crippen molar-refractivity contribution in [3.05, 3.63) is 96.2 Å². The Morgan fingerprint density at radius 2 is 1.59 bits per heavy atom. The summed E-state index contributed by atoms with van der Waals surface area (Å²) >= 11 is 0. The van der Waals surface area contributed by atoms with E-state index in [-0.39, 0.29) is 6.04 Å². The molecule has 5 aromatic rings. The Morgan fingerprint density at radius 1 is 0.892 bits per heavy atom. The van der Waals surface area contributed by atoms with Gasteiger partial charge in [-0.3, -0.25) is 4.98 Å². The normalized spacial score (nSPS) is 24.1. The number of aliphatic hydroxyl groups is 1. The van der Waals surface area contributed by atoms with Crippen LogP contribution < -0.4 is 4.74 Å². The first-order valence-electron chi connectivity index (χ1n) is 13.5. The minimum absolute atomic E-state index is 0.155. The molecular weight excluding hydrogens is 456 g/mol. The van der Waals surface area contributed by atoms with Crippen molar-refractivity contribution in [2.24, 2.45) is 5.92 Å². The van der Waals surface area contributed by atoms with Crippen LogP contribution in [-0.4, -0.2) is 40.8 Å². The summed E-state index contributed by atoms with van der Waals surface area (Å²) in [7, 11) is 1.69. The number of benzene rings is 4. The summed E-state index contributed by atoms with van der Waals surface area (Å²) in [4.78, 5) is 4.57. The van der Waals surface area contributed by atoms with Gasteiger partial charge in [0.25, 0.3) is 0 Å². The first kappa shape index (κ1) is 22.7. The molecule has 1 aromatic heterocycles. The van der Waals surface area contributed by atoms with E-state index in [9.17, 15) is 5.11 Å². The molecule has 0 amide bonds. The van der Waals surface area contributed by atoms with Crippen LogP contribution in [0.25, 0.3) is 32.4 Å². The highest BCUT2D eigenvalue weighted by atomic mass is 16.5.